The average Bonchev–Trinajstić information content (AvgIpc) is 2.61. The quantitative estimate of drug-likeness (QED) is 0.630. The van der Waals surface area contributed by atoms with Crippen LogP contribution in [0.3, 0.4) is 0 Å². The van der Waals surface area contributed by atoms with Crippen molar-refractivity contribution in [3.05, 3.63) is 0 Å². The molecule has 1 atom stereocenters. The molecule has 80 valence electrons. The highest BCUT2D eigenvalue weighted by atomic mass is 16.6. The van der Waals surface area contributed by atoms with Crippen LogP contribution in [0.15, 0.2) is 0 Å². The number of rotatable bonds is 2. The van der Waals surface area contributed by atoms with Gasteiger partial charge in [0.25, 0.3) is 0 Å². The van der Waals surface area contributed by atoms with Crippen LogP contribution in [0.1, 0.15) is 12.8 Å². The first kappa shape index (κ1) is 9.73. The Morgan fingerprint density at radius 2 is 2.21 bits per heavy atom. The monoisotopic (exact) mass is 199 g/mol. The van der Waals surface area contributed by atoms with Crippen molar-refractivity contribution in [3.63, 3.8) is 0 Å². The molecule has 0 radical (unpaired) electrons. The summed E-state index contributed by atoms with van der Waals surface area (Å²) < 4.78 is 5.01. The van der Waals surface area contributed by atoms with E-state index in [2.05, 4.69) is 5.32 Å². The Balaban J connectivity index is 2.01. The van der Waals surface area contributed by atoms with Crippen molar-refractivity contribution >= 4 is 6.09 Å². The molecule has 3 N–H and O–H groups in total. The van der Waals surface area contributed by atoms with Gasteiger partial charge in [0.1, 0.15) is 6.61 Å². The van der Waals surface area contributed by atoms with Crippen LogP contribution in [-0.2, 0) is 4.74 Å². The number of carbonyl (C=O) groups is 1. The minimum Gasteiger partial charge on any atom is -0.447 e. The molecule has 0 bridgehead atoms. The van der Waals surface area contributed by atoms with Crippen LogP contribution in [0.4, 0.5) is 4.79 Å². The lowest BCUT2D eigenvalue weighted by molar-refractivity contribution is 0.134. The minimum atomic E-state index is -0.188. The lowest BCUT2D eigenvalue weighted by atomic mass is 10.0. The van der Waals surface area contributed by atoms with Gasteiger partial charge in [-0.2, -0.15) is 0 Å². The van der Waals surface area contributed by atoms with E-state index in [-0.39, 0.29) is 12.1 Å². The predicted molar refractivity (Wildman–Crippen MR) is 51.9 cm³/mol. The van der Waals surface area contributed by atoms with Crippen LogP contribution >= 0.6 is 0 Å². The number of ether oxygens (including phenoxy) is 1. The lowest BCUT2D eigenvalue weighted by Crippen LogP contribution is -2.49. The van der Waals surface area contributed by atoms with Crippen molar-refractivity contribution in [3.8, 4) is 0 Å². The van der Waals surface area contributed by atoms with Crippen LogP contribution in [0.2, 0.25) is 0 Å². The Bertz CT molecular complexity index is 216. The number of hydrogen-bond acceptors (Lipinski definition) is 4. The first-order chi connectivity index (χ1) is 6.83. The van der Waals surface area contributed by atoms with Crippen LogP contribution in [-0.4, -0.2) is 49.3 Å². The Morgan fingerprint density at radius 1 is 1.50 bits per heavy atom. The number of nitrogens with one attached hydrogen (secondary N) is 1. The van der Waals surface area contributed by atoms with Crippen LogP contribution in [0.5, 0.6) is 0 Å². The summed E-state index contributed by atoms with van der Waals surface area (Å²) in [5.74, 6) is 0. The molecule has 2 aliphatic heterocycles. The van der Waals surface area contributed by atoms with Crippen molar-refractivity contribution in [2.45, 2.75) is 24.9 Å². The van der Waals surface area contributed by atoms with E-state index in [9.17, 15) is 4.79 Å². The second-order valence-electron chi connectivity index (χ2n) is 3.85. The molecule has 0 aromatic carbocycles. The smallest absolute Gasteiger partial charge is 0.410 e. The summed E-state index contributed by atoms with van der Waals surface area (Å²) in [6.07, 6.45) is 1.82. The number of nitrogens with zero attached hydrogens (tertiary/aromatic N) is 1. The molecule has 5 nitrogen and oxygen atoms in total. The van der Waals surface area contributed by atoms with Gasteiger partial charge in [-0.25, -0.2) is 4.79 Å². The fourth-order valence-corrected chi connectivity index (χ4v) is 2.19. The maximum absolute atomic E-state index is 11.5. The van der Waals surface area contributed by atoms with E-state index in [0.29, 0.717) is 19.2 Å². The molecule has 0 aliphatic carbocycles. The highest BCUT2D eigenvalue weighted by Crippen LogP contribution is 2.20. The number of cyclic esters (lactones) is 1. The molecule has 0 spiro atoms. The fourth-order valence-electron chi connectivity index (χ4n) is 2.19. The number of piperidine rings is 1. The van der Waals surface area contributed by atoms with E-state index >= 15 is 0 Å². The number of amides is 1. The summed E-state index contributed by atoms with van der Waals surface area (Å²) in [4.78, 5) is 13.3. The third-order valence-corrected chi connectivity index (χ3v) is 2.98. The molecule has 1 unspecified atom stereocenters. The maximum atomic E-state index is 11.5. The predicted octanol–water partition coefficient (Wildman–Crippen LogP) is -0.482. The molecule has 1 amide bonds. The van der Waals surface area contributed by atoms with Gasteiger partial charge in [0.2, 0.25) is 0 Å². The van der Waals surface area contributed by atoms with Crippen molar-refractivity contribution < 1.29 is 9.53 Å². The van der Waals surface area contributed by atoms with E-state index < -0.39 is 0 Å². The fraction of sp³-hybridized carbons (Fsp3) is 0.889. The summed E-state index contributed by atoms with van der Waals surface area (Å²) in [7, 11) is 0. The van der Waals surface area contributed by atoms with Gasteiger partial charge < -0.3 is 15.8 Å². The third-order valence-electron chi connectivity index (χ3n) is 2.98. The van der Waals surface area contributed by atoms with Crippen LogP contribution in [0.25, 0.3) is 0 Å². The molecular formula is C9H17N3O2. The average molecular weight is 199 g/mol. The van der Waals surface area contributed by atoms with Gasteiger partial charge in [0, 0.05) is 12.6 Å². The zero-order valence-corrected chi connectivity index (χ0v) is 8.24. The number of hydrogen-bond donors (Lipinski definition) is 2. The zero-order valence-electron chi connectivity index (χ0n) is 8.24. The Labute approximate surface area is 83.6 Å². The van der Waals surface area contributed by atoms with Crippen molar-refractivity contribution in [1.82, 2.24) is 10.2 Å². The molecule has 0 aromatic rings. The normalized spacial score (nSPS) is 29.4. The Hall–Kier alpha value is -0.810. The van der Waals surface area contributed by atoms with E-state index in [1.165, 1.54) is 0 Å². The molecule has 2 aliphatic rings. The molecular weight excluding hydrogens is 182 g/mol. The lowest BCUT2D eigenvalue weighted by Gasteiger charge is -2.33. The number of nitrogens with two attached hydrogens (primary N) is 1. The van der Waals surface area contributed by atoms with Crippen LogP contribution < -0.4 is 11.1 Å². The second-order valence-corrected chi connectivity index (χ2v) is 3.85. The standard InChI is InChI=1S/C9H17N3O2/c10-5-8-6-14-9(13)12(8)7-1-3-11-4-2-7/h7-8,11H,1-6,10H2. The summed E-state index contributed by atoms with van der Waals surface area (Å²) in [5.41, 5.74) is 5.60. The van der Waals surface area contributed by atoms with Crippen LogP contribution in [0, 0.1) is 0 Å². The summed E-state index contributed by atoms with van der Waals surface area (Å²) in [6, 6.07) is 0.408. The topological polar surface area (TPSA) is 67.6 Å². The molecule has 14 heavy (non-hydrogen) atoms. The largest absolute Gasteiger partial charge is 0.447 e. The summed E-state index contributed by atoms with van der Waals surface area (Å²) in [5, 5.41) is 3.28. The second kappa shape index (κ2) is 4.14. The van der Waals surface area contributed by atoms with E-state index in [1.54, 1.807) is 0 Å². The van der Waals surface area contributed by atoms with Crippen molar-refractivity contribution in [2.75, 3.05) is 26.2 Å². The highest BCUT2D eigenvalue weighted by Gasteiger charge is 2.37. The third kappa shape index (κ3) is 1.69. The van der Waals surface area contributed by atoms with E-state index in [4.69, 9.17) is 10.5 Å². The van der Waals surface area contributed by atoms with Gasteiger partial charge in [-0.3, -0.25) is 4.90 Å². The molecule has 2 heterocycles. The van der Waals surface area contributed by atoms with Gasteiger partial charge in [0.15, 0.2) is 0 Å². The first-order valence-corrected chi connectivity index (χ1v) is 5.19. The molecule has 2 fully saturated rings. The summed E-state index contributed by atoms with van der Waals surface area (Å²) in [6.45, 7) is 2.91. The van der Waals surface area contributed by atoms with Gasteiger partial charge in [-0.15, -0.1) is 0 Å². The van der Waals surface area contributed by atoms with E-state index in [0.717, 1.165) is 25.9 Å². The van der Waals surface area contributed by atoms with Gasteiger partial charge in [0.05, 0.1) is 6.04 Å². The Kier molecular flexibility index (Phi) is 2.88. The molecule has 0 saturated carbocycles. The van der Waals surface area contributed by atoms with Gasteiger partial charge >= 0.3 is 6.09 Å². The minimum absolute atomic E-state index is 0.0885. The van der Waals surface area contributed by atoms with Crippen molar-refractivity contribution in [1.29, 1.82) is 0 Å². The van der Waals surface area contributed by atoms with Gasteiger partial charge in [-0.05, 0) is 25.9 Å². The first-order valence-electron chi connectivity index (χ1n) is 5.19. The number of carbonyl (C=O) groups excluding carboxylic acids is 1. The Morgan fingerprint density at radius 3 is 2.86 bits per heavy atom. The summed E-state index contributed by atoms with van der Waals surface area (Å²) >= 11 is 0. The molecule has 5 heteroatoms. The highest BCUT2D eigenvalue weighted by molar-refractivity contribution is 5.70. The zero-order chi connectivity index (χ0) is 9.97. The van der Waals surface area contributed by atoms with Gasteiger partial charge in [-0.1, -0.05) is 0 Å². The molecule has 2 rings (SSSR count). The molecule has 0 aromatic heterocycles. The van der Waals surface area contributed by atoms with Crippen molar-refractivity contribution in [2.24, 2.45) is 5.73 Å². The van der Waals surface area contributed by atoms with E-state index in [1.807, 2.05) is 4.90 Å². The SMILES string of the molecule is NCC1COC(=O)N1C1CCNCC1. The maximum Gasteiger partial charge on any atom is 0.410 e. The molecule has 2 saturated heterocycles.